The lowest BCUT2D eigenvalue weighted by Gasteiger charge is -2.19. The highest BCUT2D eigenvalue weighted by atomic mass is 32.1. The van der Waals surface area contributed by atoms with E-state index >= 15 is 0 Å². The average molecular weight is 222 g/mol. The minimum atomic E-state index is -0.987. The van der Waals surface area contributed by atoms with Gasteiger partial charge in [-0.15, -0.1) is 0 Å². The number of rotatable bonds is 2. The highest BCUT2D eigenvalue weighted by Gasteiger charge is 2.27. The summed E-state index contributed by atoms with van der Waals surface area (Å²) in [6.07, 6.45) is 2.32. The molecule has 0 aromatic carbocycles. The summed E-state index contributed by atoms with van der Waals surface area (Å²) in [5.74, 6) is -1.19. The van der Waals surface area contributed by atoms with E-state index in [1.165, 1.54) is 6.08 Å². The number of aliphatic carboxylic acids is 1. The molecule has 1 aromatic heterocycles. The van der Waals surface area contributed by atoms with Gasteiger partial charge in [-0.2, -0.15) is 11.3 Å². The lowest BCUT2D eigenvalue weighted by Crippen LogP contribution is -2.18. The zero-order valence-corrected chi connectivity index (χ0v) is 8.79. The third-order valence-corrected chi connectivity index (χ3v) is 3.27. The van der Waals surface area contributed by atoms with Gasteiger partial charge in [0.1, 0.15) is 0 Å². The molecule has 4 heteroatoms. The third kappa shape index (κ3) is 1.99. The zero-order valence-electron chi connectivity index (χ0n) is 7.97. The predicted molar refractivity (Wildman–Crippen MR) is 57.0 cm³/mol. The highest BCUT2D eigenvalue weighted by molar-refractivity contribution is 7.08. The van der Waals surface area contributed by atoms with E-state index in [0.29, 0.717) is 12.8 Å². The fraction of sp³-hybridized carbons (Fsp3) is 0.273. The summed E-state index contributed by atoms with van der Waals surface area (Å²) in [7, 11) is 0. The van der Waals surface area contributed by atoms with Gasteiger partial charge in [-0.3, -0.25) is 4.79 Å². The largest absolute Gasteiger partial charge is 0.478 e. The van der Waals surface area contributed by atoms with E-state index in [-0.39, 0.29) is 17.3 Å². The molecule has 1 N–H and O–H groups in total. The van der Waals surface area contributed by atoms with Crippen molar-refractivity contribution in [2.45, 2.75) is 18.8 Å². The molecule has 0 radical (unpaired) electrons. The monoisotopic (exact) mass is 222 g/mol. The Morgan fingerprint density at radius 2 is 2.33 bits per heavy atom. The second kappa shape index (κ2) is 3.98. The van der Waals surface area contributed by atoms with Crippen molar-refractivity contribution in [3.05, 3.63) is 34.0 Å². The number of hydrogen-bond donors (Lipinski definition) is 1. The van der Waals surface area contributed by atoms with Gasteiger partial charge in [-0.05, 0) is 34.9 Å². The zero-order chi connectivity index (χ0) is 10.8. The van der Waals surface area contributed by atoms with Crippen LogP contribution in [0.3, 0.4) is 0 Å². The van der Waals surface area contributed by atoms with Gasteiger partial charge in [0.2, 0.25) is 0 Å². The van der Waals surface area contributed by atoms with Crippen molar-refractivity contribution in [3.8, 4) is 0 Å². The number of carboxylic acid groups (broad SMARTS) is 1. The molecule has 78 valence electrons. The number of hydrogen-bond acceptors (Lipinski definition) is 3. The number of carbonyl (C=O) groups is 2. The number of ketones is 1. The molecule has 3 nitrogen and oxygen atoms in total. The topological polar surface area (TPSA) is 54.4 Å². The lowest BCUT2D eigenvalue weighted by atomic mass is 9.83. The Hall–Kier alpha value is -1.42. The van der Waals surface area contributed by atoms with Crippen LogP contribution in [0.5, 0.6) is 0 Å². The Balaban J connectivity index is 2.36. The average Bonchev–Trinajstić information content (AvgIpc) is 2.70. The first kappa shape index (κ1) is 10.1. The van der Waals surface area contributed by atoms with E-state index < -0.39 is 5.97 Å². The van der Waals surface area contributed by atoms with Crippen LogP contribution in [0.4, 0.5) is 0 Å². The van der Waals surface area contributed by atoms with Gasteiger partial charge in [0.25, 0.3) is 0 Å². The fourth-order valence-electron chi connectivity index (χ4n) is 1.82. The Bertz CT molecular complexity index is 417. The van der Waals surface area contributed by atoms with Crippen LogP contribution in [0.25, 0.3) is 0 Å². The summed E-state index contributed by atoms with van der Waals surface area (Å²) in [6.45, 7) is 0. The molecule has 1 unspecified atom stereocenters. The first-order chi connectivity index (χ1) is 7.18. The van der Waals surface area contributed by atoms with Gasteiger partial charge in [-0.25, -0.2) is 4.79 Å². The molecule has 1 heterocycles. The molecule has 1 aliphatic rings. The standard InChI is InChI=1S/C11H10O3S/c12-8-1-2-9(7-3-4-15-6-7)10(5-8)11(13)14/h3-6,9H,1-2H2,(H,13,14). The van der Waals surface area contributed by atoms with Gasteiger partial charge in [0.15, 0.2) is 5.78 Å². The summed E-state index contributed by atoms with van der Waals surface area (Å²) < 4.78 is 0. The van der Waals surface area contributed by atoms with Crippen molar-refractivity contribution < 1.29 is 14.7 Å². The van der Waals surface area contributed by atoms with Crippen LogP contribution in [0.2, 0.25) is 0 Å². The van der Waals surface area contributed by atoms with E-state index in [2.05, 4.69) is 0 Å². The number of allylic oxidation sites excluding steroid dienone is 1. The van der Waals surface area contributed by atoms with Crippen LogP contribution < -0.4 is 0 Å². The number of carboxylic acids is 1. The van der Waals surface area contributed by atoms with Crippen molar-refractivity contribution in [1.29, 1.82) is 0 Å². The Morgan fingerprint density at radius 1 is 1.53 bits per heavy atom. The molecular weight excluding hydrogens is 212 g/mol. The first-order valence-corrected chi connectivity index (χ1v) is 5.62. The minimum absolute atomic E-state index is 0.0844. The van der Waals surface area contributed by atoms with E-state index in [1.807, 2.05) is 16.8 Å². The van der Waals surface area contributed by atoms with Gasteiger partial charge >= 0.3 is 5.97 Å². The van der Waals surface area contributed by atoms with Crippen molar-refractivity contribution >= 4 is 23.1 Å². The van der Waals surface area contributed by atoms with Crippen LogP contribution >= 0.6 is 11.3 Å². The minimum Gasteiger partial charge on any atom is -0.478 e. The van der Waals surface area contributed by atoms with Crippen LogP contribution in [-0.4, -0.2) is 16.9 Å². The maximum Gasteiger partial charge on any atom is 0.332 e. The van der Waals surface area contributed by atoms with Gasteiger partial charge in [0, 0.05) is 17.9 Å². The maximum atomic E-state index is 11.2. The third-order valence-electron chi connectivity index (χ3n) is 2.56. The van der Waals surface area contributed by atoms with E-state index in [0.717, 1.165) is 5.56 Å². The molecule has 2 rings (SSSR count). The van der Waals surface area contributed by atoms with Gasteiger partial charge < -0.3 is 5.11 Å². The maximum absolute atomic E-state index is 11.2. The molecule has 0 fully saturated rings. The molecule has 1 aromatic rings. The second-order valence-electron chi connectivity index (χ2n) is 3.52. The van der Waals surface area contributed by atoms with Crippen molar-refractivity contribution in [3.63, 3.8) is 0 Å². The van der Waals surface area contributed by atoms with Gasteiger partial charge in [-0.1, -0.05) is 0 Å². The molecule has 0 saturated heterocycles. The van der Waals surface area contributed by atoms with Crippen LogP contribution in [0.1, 0.15) is 24.3 Å². The molecule has 15 heavy (non-hydrogen) atoms. The number of thiophene rings is 1. The summed E-state index contributed by atoms with van der Waals surface area (Å²) in [4.78, 5) is 22.1. The highest BCUT2D eigenvalue weighted by Crippen LogP contribution is 2.33. The molecule has 1 atom stereocenters. The molecule has 0 aliphatic heterocycles. The predicted octanol–water partition coefficient (Wildman–Crippen LogP) is 2.21. The van der Waals surface area contributed by atoms with Crippen LogP contribution in [-0.2, 0) is 9.59 Å². The Labute approximate surface area is 91.0 Å². The summed E-state index contributed by atoms with van der Waals surface area (Å²) in [5, 5.41) is 12.9. The van der Waals surface area contributed by atoms with E-state index in [9.17, 15) is 9.59 Å². The normalized spacial score (nSPS) is 21.2. The Morgan fingerprint density at radius 3 is 2.93 bits per heavy atom. The quantitative estimate of drug-likeness (QED) is 0.834. The summed E-state index contributed by atoms with van der Waals surface area (Å²) in [6, 6.07) is 1.92. The van der Waals surface area contributed by atoms with Gasteiger partial charge in [0.05, 0.1) is 0 Å². The van der Waals surface area contributed by atoms with Crippen molar-refractivity contribution in [2.24, 2.45) is 0 Å². The van der Waals surface area contributed by atoms with Crippen molar-refractivity contribution in [2.75, 3.05) is 0 Å². The molecular formula is C11H10O3S. The van der Waals surface area contributed by atoms with Crippen LogP contribution in [0, 0.1) is 0 Å². The van der Waals surface area contributed by atoms with Crippen molar-refractivity contribution in [1.82, 2.24) is 0 Å². The summed E-state index contributed by atoms with van der Waals surface area (Å²) >= 11 is 1.54. The molecule has 0 saturated carbocycles. The molecule has 1 aliphatic carbocycles. The number of carbonyl (C=O) groups excluding carboxylic acids is 1. The molecule has 0 bridgehead atoms. The van der Waals surface area contributed by atoms with Crippen LogP contribution in [0.15, 0.2) is 28.5 Å². The smallest absolute Gasteiger partial charge is 0.332 e. The molecule has 0 spiro atoms. The summed E-state index contributed by atoms with van der Waals surface area (Å²) in [5.41, 5.74) is 1.23. The Kier molecular flexibility index (Phi) is 2.68. The SMILES string of the molecule is O=C1C=C(C(=O)O)C(c2ccsc2)CC1. The van der Waals surface area contributed by atoms with E-state index in [4.69, 9.17) is 5.11 Å². The fourth-order valence-corrected chi connectivity index (χ4v) is 2.53. The molecule has 0 amide bonds. The first-order valence-electron chi connectivity index (χ1n) is 4.68. The second-order valence-corrected chi connectivity index (χ2v) is 4.30. The van der Waals surface area contributed by atoms with E-state index in [1.54, 1.807) is 11.3 Å². The lowest BCUT2D eigenvalue weighted by molar-refractivity contribution is -0.133.